The lowest BCUT2D eigenvalue weighted by molar-refractivity contribution is -1.000. The molecule has 0 fully saturated rings. The Kier molecular flexibility index (Phi) is 62.8. The minimum Gasteiger partial charge on any atom is -1.00 e. The number of hydrogen-bond acceptors (Lipinski definition) is 0. The molecule has 2 heteroatoms. The molecule has 0 aliphatic rings. The van der Waals surface area contributed by atoms with E-state index in [-0.39, 0.29) is 17.0 Å². The maximum Gasteiger partial charge on any atom is 0.0994 e. The van der Waals surface area contributed by atoms with Gasteiger partial charge < -0.3 is 21.5 Å². The first-order chi connectivity index (χ1) is 35.1. The van der Waals surface area contributed by atoms with E-state index < -0.39 is 0 Å². The van der Waals surface area contributed by atoms with Gasteiger partial charge in [-0.25, -0.2) is 0 Å². The molecule has 0 aliphatic carbocycles. The van der Waals surface area contributed by atoms with Crippen LogP contribution in [0.25, 0.3) is 0 Å². The van der Waals surface area contributed by atoms with Crippen molar-refractivity contribution in [1.82, 2.24) is 0 Å². The summed E-state index contributed by atoms with van der Waals surface area (Å²) < 4.78 is 1.58. The van der Waals surface area contributed by atoms with Gasteiger partial charge in [0.15, 0.2) is 0 Å². The van der Waals surface area contributed by atoms with Crippen molar-refractivity contribution in [3.63, 3.8) is 0 Å². The molecule has 0 spiro atoms. The lowest BCUT2D eigenvalue weighted by atomic mass is 9.74. The van der Waals surface area contributed by atoms with E-state index in [1.54, 1.807) is 23.7 Å². The fourth-order valence-corrected chi connectivity index (χ4v) is 13.5. The first-order valence-electron chi connectivity index (χ1n) is 34.9. The van der Waals surface area contributed by atoms with Gasteiger partial charge in [0.2, 0.25) is 0 Å². The van der Waals surface area contributed by atoms with Crippen molar-refractivity contribution in [3.05, 3.63) is 0 Å². The zero-order valence-electron chi connectivity index (χ0n) is 52.0. The van der Waals surface area contributed by atoms with Gasteiger partial charge in [0.25, 0.3) is 0 Å². The molecule has 0 bridgehead atoms. The number of nitrogens with zero attached hydrogens (tertiary/aromatic N) is 1. The Hall–Kier alpha value is 0.440. The first-order valence-corrected chi connectivity index (χ1v) is 34.9. The Morgan fingerprint density at radius 3 is 0.583 bits per heavy atom. The van der Waals surface area contributed by atoms with Crippen LogP contribution in [-0.2, 0) is 0 Å². The van der Waals surface area contributed by atoms with Crippen LogP contribution in [-0.4, -0.2) is 29.2 Å². The normalized spacial score (nSPS) is 12.8. The lowest BCUT2D eigenvalue weighted by Gasteiger charge is -2.59. The number of halogens is 1. The quantitative estimate of drug-likeness (QED) is 0.0421. The second-order valence-electron chi connectivity index (χ2n) is 24.8. The predicted octanol–water partition coefficient (Wildman–Crippen LogP) is 23.1. The number of unbranched alkanes of at least 4 members (excludes halogenated alkanes) is 47. The highest BCUT2D eigenvalue weighted by Gasteiger charge is 2.52. The molecule has 1 atom stereocenters. The van der Waals surface area contributed by atoms with E-state index in [0.29, 0.717) is 5.54 Å². The van der Waals surface area contributed by atoms with Crippen molar-refractivity contribution in [2.75, 3.05) is 13.1 Å². The topological polar surface area (TPSA) is 0 Å². The highest BCUT2D eigenvalue weighted by atomic mass is 79.9. The molecule has 0 aromatic carbocycles. The average Bonchev–Trinajstić information content (AvgIpc) is 3.38. The first kappa shape index (κ1) is 74.5. The minimum atomic E-state index is 0. The smallest absolute Gasteiger partial charge is 0.0994 e. The van der Waals surface area contributed by atoms with Crippen molar-refractivity contribution in [3.8, 4) is 0 Å². The van der Waals surface area contributed by atoms with Gasteiger partial charge in [-0.2, -0.15) is 0 Å². The van der Waals surface area contributed by atoms with Crippen LogP contribution in [0.5, 0.6) is 0 Å². The van der Waals surface area contributed by atoms with E-state index in [2.05, 4.69) is 48.5 Å². The highest BCUT2D eigenvalue weighted by molar-refractivity contribution is 4.87. The summed E-state index contributed by atoms with van der Waals surface area (Å²) in [6.07, 6.45) is 86.9. The summed E-state index contributed by atoms with van der Waals surface area (Å²) in [6, 6.07) is 0.882. The molecule has 1 nitrogen and oxygen atoms in total. The fourth-order valence-electron chi connectivity index (χ4n) is 13.5. The summed E-state index contributed by atoms with van der Waals surface area (Å²) in [5, 5.41) is 0. The van der Waals surface area contributed by atoms with Crippen LogP contribution in [0.4, 0.5) is 0 Å². The Morgan fingerprint density at radius 1 is 0.208 bits per heavy atom. The molecule has 0 aromatic heterocycles. The number of quaternary nitrogens is 1. The van der Waals surface area contributed by atoms with Gasteiger partial charge in [0, 0.05) is 19.3 Å². The molecule has 0 heterocycles. The molecular formula is C70H144BrN. The van der Waals surface area contributed by atoms with E-state index >= 15 is 0 Å². The summed E-state index contributed by atoms with van der Waals surface area (Å²) in [5.74, 6) is 0. The predicted molar refractivity (Wildman–Crippen MR) is 329 cm³/mol. The van der Waals surface area contributed by atoms with Crippen LogP contribution in [0.1, 0.15) is 427 Å². The lowest BCUT2D eigenvalue weighted by Crippen LogP contribution is -3.00. The van der Waals surface area contributed by atoms with Gasteiger partial charge in [0.05, 0.1) is 24.7 Å². The van der Waals surface area contributed by atoms with Crippen LogP contribution in [0, 0.1) is 0 Å². The molecule has 0 aliphatic heterocycles. The monoisotopic (exact) mass is 1080 g/mol. The van der Waals surface area contributed by atoms with E-state index in [0.717, 1.165) is 6.04 Å². The van der Waals surface area contributed by atoms with Crippen molar-refractivity contribution in [1.29, 1.82) is 0 Å². The van der Waals surface area contributed by atoms with Crippen LogP contribution >= 0.6 is 0 Å². The molecule has 72 heavy (non-hydrogen) atoms. The summed E-state index contributed by atoms with van der Waals surface area (Å²) in [7, 11) is 0. The number of hydrogen-bond donors (Lipinski definition) is 0. The maximum atomic E-state index is 2.42. The van der Waals surface area contributed by atoms with Gasteiger partial charge in [-0.05, 0) is 70.6 Å². The van der Waals surface area contributed by atoms with E-state index in [9.17, 15) is 0 Å². The molecule has 0 amide bonds. The fraction of sp³-hybridized carbons (Fsp3) is 1.00. The molecule has 436 valence electrons. The Labute approximate surface area is 470 Å². The Bertz CT molecular complexity index is 893. The summed E-state index contributed by atoms with van der Waals surface area (Å²) in [5.41, 5.74) is 0.474. The van der Waals surface area contributed by atoms with Gasteiger partial charge in [-0.15, -0.1) is 0 Å². The molecule has 0 N–H and O–H groups in total. The molecular weight excluding hydrogens is 935 g/mol. The van der Waals surface area contributed by atoms with Gasteiger partial charge >= 0.3 is 0 Å². The Balaban J connectivity index is 0. The van der Waals surface area contributed by atoms with Crippen LogP contribution in [0.3, 0.4) is 0 Å². The average molecular weight is 1080 g/mol. The van der Waals surface area contributed by atoms with Crippen molar-refractivity contribution >= 4 is 0 Å². The third kappa shape index (κ3) is 43.4. The maximum absolute atomic E-state index is 2.42. The molecule has 0 saturated carbocycles. The number of rotatable bonds is 63. The second-order valence-corrected chi connectivity index (χ2v) is 24.8. The summed E-state index contributed by atoms with van der Waals surface area (Å²) in [4.78, 5) is 0. The third-order valence-electron chi connectivity index (χ3n) is 18.2. The molecule has 0 radical (unpaired) electrons. The molecule has 1 unspecified atom stereocenters. The summed E-state index contributed by atoms with van der Waals surface area (Å²) >= 11 is 0. The minimum absolute atomic E-state index is 0. The zero-order valence-corrected chi connectivity index (χ0v) is 53.6. The standard InChI is InChI=1S/C70H144N.BrH/c1-8-15-22-29-36-42-48-55-62-69(63-56-49-43-37-30-23-16-9-2)71(67-60-53-35-28-21-14-7,68-61-54-47-41-34-27-20-13-6)70(64-57-50-44-38-31-24-17-10-3,65-58-51-45-39-32-25-18-11-4)66-59-52-46-40-33-26-19-12-5;/h69H,8-68H2,1-7H3;1H/q+1;/p-1. The molecule has 0 rings (SSSR count). The zero-order chi connectivity index (χ0) is 51.7. The summed E-state index contributed by atoms with van der Waals surface area (Å²) in [6.45, 7) is 19.8. The SMILES string of the molecule is CCCCCCCCCCC(CCCCCCCCCC)[N+](CCCCCCCC)(CCCCCCCCCC)C(CCCCCCCCCC)(CCCCCCCCCC)CCCCCCCCCC.[Br-]. The van der Waals surface area contributed by atoms with Crippen LogP contribution in [0.2, 0.25) is 0 Å². The van der Waals surface area contributed by atoms with Gasteiger partial charge in [-0.3, -0.25) is 0 Å². The molecule has 0 saturated heterocycles. The van der Waals surface area contributed by atoms with E-state index in [4.69, 9.17) is 0 Å². The largest absolute Gasteiger partial charge is 1.00 e. The third-order valence-corrected chi connectivity index (χ3v) is 18.2. The second kappa shape index (κ2) is 60.7. The van der Waals surface area contributed by atoms with Crippen LogP contribution < -0.4 is 17.0 Å². The highest BCUT2D eigenvalue weighted by Crippen LogP contribution is 2.46. The Morgan fingerprint density at radius 2 is 0.375 bits per heavy atom. The van der Waals surface area contributed by atoms with Gasteiger partial charge in [0.1, 0.15) is 0 Å². The van der Waals surface area contributed by atoms with Crippen LogP contribution in [0.15, 0.2) is 0 Å². The van der Waals surface area contributed by atoms with E-state index in [1.807, 2.05) is 0 Å². The van der Waals surface area contributed by atoms with Crippen molar-refractivity contribution in [2.45, 2.75) is 439 Å². The van der Waals surface area contributed by atoms with Crippen molar-refractivity contribution in [2.24, 2.45) is 0 Å². The molecule has 0 aromatic rings. The van der Waals surface area contributed by atoms with Gasteiger partial charge in [-0.1, -0.05) is 337 Å². The van der Waals surface area contributed by atoms with E-state index in [1.165, 1.54) is 373 Å². The van der Waals surface area contributed by atoms with Crippen molar-refractivity contribution < 1.29 is 21.5 Å².